The molecule has 0 spiro atoms. The van der Waals surface area contributed by atoms with Crippen molar-refractivity contribution in [2.45, 2.75) is 0 Å². The third kappa shape index (κ3) is 0.518. The van der Waals surface area contributed by atoms with E-state index >= 15 is 0 Å². The molecule has 0 radical (unpaired) electrons. The summed E-state index contributed by atoms with van der Waals surface area (Å²) >= 11 is 5.37. The number of hydrogen-bond acceptors (Lipinski definition) is 0. The highest BCUT2D eigenvalue weighted by atomic mass is 35.5. The van der Waals surface area contributed by atoms with E-state index in [2.05, 4.69) is 9.97 Å². The van der Waals surface area contributed by atoms with Gasteiger partial charge in [0, 0.05) is 0 Å². The second kappa shape index (κ2) is 1.30. The highest BCUT2D eigenvalue weighted by Gasteiger charge is 1.85. The van der Waals surface area contributed by atoms with Gasteiger partial charge in [0.1, 0.15) is 6.20 Å². The Balaban J connectivity index is 3.05. The van der Waals surface area contributed by atoms with Crippen LogP contribution in [0.15, 0.2) is 12.5 Å². The predicted molar refractivity (Wildman–Crippen MR) is 22.4 cm³/mol. The molecular weight excluding hydrogens is 99.5 g/mol. The van der Waals surface area contributed by atoms with Gasteiger partial charge in [0.2, 0.25) is 11.5 Å². The van der Waals surface area contributed by atoms with E-state index in [0.29, 0.717) is 5.15 Å². The Hall–Kier alpha value is -0.500. The first-order chi connectivity index (χ1) is 2.89. The minimum atomic E-state index is 0.634. The van der Waals surface area contributed by atoms with Crippen LogP contribution in [0.3, 0.4) is 0 Å². The molecule has 0 aliphatic rings. The van der Waals surface area contributed by atoms with Crippen molar-refractivity contribution in [3.8, 4) is 0 Å². The summed E-state index contributed by atoms with van der Waals surface area (Å²) in [6.07, 6.45) is 3.32. The molecule has 32 valence electrons. The van der Waals surface area contributed by atoms with Crippen molar-refractivity contribution in [2.75, 3.05) is 0 Å². The monoisotopic (exact) mass is 103 g/mol. The normalized spacial score (nSPS) is 8.83. The second-order valence-electron chi connectivity index (χ2n) is 0.948. The van der Waals surface area contributed by atoms with Crippen molar-refractivity contribution in [1.82, 2.24) is 4.98 Å². The fourth-order valence-corrected chi connectivity index (χ4v) is 0.385. The smallest absolute Gasteiger partial charge is 0.240 e. The van der Waals surface area contributed by atoms with Crippen LogP contribution in [0.4, 0.5) is 0 Å². The molecule has 2 N–H and O–H groups in total. The fraction of sp³-hybridized carbons (Fsp3) is 0. The maximum atomic E-state index is 5.37. The van der Waals surface area contributed by atoms with Gasteiger partial charge in [-0.2, -0.15) is 0 Å². The van der Waals surface area contributed by atoms with E-state index in [1.807, 2.05) is 0 Å². The number of aromatic amines is 2. The molecule has 0 aromatic carbocycles. The Morgan fingerprint density at radius 2 is 2.67 bits per heavy atom. The van der Waals surface area contributed by atoms with Crippen LogP contribution in [-0.4, -0.2) is 4.98 Å². The predicted octanol–water partition coefficient (Wildman–Crippen LogP) is 0.482. The third-order valence-corrected chi connectivity index (χ3v) is 0.722. The lowest BCUT2D eigenvalue weighted by atomic mass is 11.0. The van der Waals surface area contributed by atoms with Crippen LogP contribution < -0.4 is 4.98 Å². The minimum absolute atomic E-state index is 0.634. The van der Waals surface area contributed by atoms with Crippen molar-refractivity contribution in [3.63, 3.8) is 0 Å². The van der Waals surface area contributed by atoms with Crippen LogP contribution >= 0.6 is 11.6 Å². The summed E-state index contributed by atoms with van der Waals surface area (Å²) in [5.41, 5.74) is 0. The molecule has 6 heavy (non-hydrogen) atoms. The molecule has 0 atom stereocenters. The van der Waals surface area contributed by atoms with Crippen LogP contribution in [-0.2, 0) is 0 Å². The van der Waals surface area contributed by atoms with E-state index in [9.17, 15) is 0 Å². The van der Waals surface area contributed by atoms with E-state index in [4.69, 9.17) is 11.6 Å². The van der Waals surface area contributed by atoms with Crippen LogP contribution in [0.1, 0.15) is 0 Å². The van der Waals surface area contributed by atoms with Crippen LogP contribution in [0.25, 0.3) is 0 Å². The van der Waals surface area contributed by atoms with E-state index < -0.39 is 0 Å². The molecule has 0 amide bonds. The van der Waals surface area contributed by atoms with Gasteiger partial charge in [-0.1, -0.05) is 0 Å². The maximum absolute atomic E-state index is 5.37. The zero-order valence-corrected chi connectivity index (χ0v) is 3.79. The summed E-state index contributed by atoms with van der Waals surface area (Å²) in [5.74, 6) is 0. The lowest BCUT2D eigenvalue weighted by Gasteiger charge is -1.55. The summed E-state index contributed by atoms with van der Waals surface area (Å²) in [4.78, 5) is 5.45. The van der Waals surface area contributed by atoms with Gasteiger partial charge in [-0.3, -0.25) is 0 Å². The summed E-state index contributed by atoms with van der Waals surface area (Å²) in [5, 5.41) is 0.634. The number of H-pyrrole nitrogens is 2. The standard InChI is InChI=1S/C3H3ClN2/c4-3-1-5-2-6-3/h1-2H,(H,5,6)/p+1. The topological polar surface area (TPSA) is 29.9 Å². The summed E-state index contributed by atoms with van der Waals surface area (Å²) in [6.45, 7) is 0. The highest BCUT2D eigenvalue weighted by Crippen LogP contribution is 1.93. The molecule has 1 heterocycles. The summed E-state index contributed by atoms with van der Waals surface area (Å²) < 4.78 is 0. The lowest BCUT2D eigenvalue weighted by Crippen LogP contribution is -1.88. The van der Waals surface area contributed by atoms with Gasteiger partial charge < -0.3 is 0 Å². The molecule has 1 aromatic rings. The van der Waals surface area contributed by atoms with Gasteiger partial charge in [0.25, 0.3) is 0 Å². The Labute approximate surface area is 40.2 Å². The lowest BCUT2D eigenvalue weighted by molar-refractivity contribution is -0.375. The highest BCUT2D eigenvalue weighted by molar-refractivity contribution is 6.29. The molecular formula is C3H4ClN2+. The van der Waals surface area contributed by atoms with Gasteiger partial charge in [-0.25, -0.2) is 9.97 Å². The van der Waals surface area contributed by atoms with Crippen molar-refractivity contribution < 1.29 is 4.98 Å². The van der Waals surface area contributed by atoms with Crippen molar-refractivity contribution >= 4 is 11.6 Å². The van der Waals surface area contributed by atoms with Crippen LogP contribution in [0.5, 0.6) is 0 Å². The molecule has 1 rings (SSSR count). The Bertz CT molecular complexity index is 112. The average molecular weight is 104 g/mol. The zero-order chi connectivity index (χ0) is 4.41. The van der Waals surface area contributed by atoms with E-state index in [-0.39, 0.29) is 0 Å². The number of hydrogen-bond donors (Lipinski definition) is 1. The van der Waals surface area contributed by atoms with Crippen LogP contribution in [0, 0.1) is 0 Å². The molecule has 0 saturated carbocycles. The third-order valence-electron chi connectivity index (χ3n) is 0.503. The number of halogens is 1. The molecule has 0 aliphatic heterocycles. The number of rotatable bonds is 0. The molecule has 1 aromatic heterocycles. The maximum Gasteiger partial charge on any atom is 0.240 e. The first kappa shape index (κ1) is 3.68. The Morgan fingerprint density at radius 1 is 1.83 bits per heavy atom. The largest absolute Gasteiger partial charge is 0.249 e. The van der Waals surface area contributed by atoms with Gasteiger partial charge in [-0.15, -0.1) is 0 Å². The quantitative estimate of drug-likeness (QED) is 0.495. The molecule has 0 fully saturated rings. The first-order valence-electron chi connectivity index (χ1n) is 1.59. The van der Waals surface area contributed by atoms with Gasteiger partial charge in [0.05, 0.1) is 0 Å². The van der Waals surface area contributed by atoms with Gasteiger partial charge in [-0.05, 0) is 11.6 Å². The van der Waals surface area contributed by atoms with E-state index in [0.717, 1.165) is 0 Å². The molecule has 0 bridgehead atoms. The Morgan fingerprint density at radius 3 is 2.83 bits per heavy atom. The first-order valence-corrected chi connectivity index (χ1v) is 1.97. The Kier molecular flexibility index (Phi) is 0.801. The number of aromatic nitrogens is 2. The fourth-order valence-electron chi connectivity index (χ4n) is 0.267. The zero-order valence-electron chi connectivity index (χ0n) is 3.03. The van der Waals surface area contributed by atoms with Gasteiger partial charge in [0.15, 0.2) is 0 Å². The van der Waals surface area contributed by atoms with Crippen molar-refractivity contribution in [3.05, 3.63) is 17.7 Å². The molecule has 0 aliphatic carbocycles. The molecule has 2 nitrogen and oxygen atoms in total. The molecule has 3 heteroatoms. The van der Waals surface area contributed by atoms with E-state index in [1.54, 1.807) is 12.5 Å². The number of imidazole rings is 1. The van der Waals surface area contributed by atoms with Crippen molar-refractivity contribution in [2.24, 2.45) is 0 Å². The summed E-state index contributed by atoms with van der Waals surface area (Å²) in [7, 11) is 0. The van der Waals surface area contributed by atoms with Gasteiger partial charge >= 0.3 is 0 Å². The SMILES string of the molecule is Clc1c[nH+]c[nH]1. The van der Waals surface area contributed by atoms with E-state index in [1.165, 1.54) is 0 Å². The van der Waals surface area contributed by atoms with Crippen LogP contribution in [0.2, 0.25) is 5.15 Å². The second-order valence-corrected chi connectivity index (χ2v) is 1.35. The van der Waals surface area contributed by atoms with Crippen molar-refractivity contribution in [1.29, 1.82) is 0 Å². The number of nitrogens with one attached hydrogen (secondary N) is 2. The summed E-state index contributed by atoms with van der Waals surface area (Å²) in [6, 6.07) is 0. The minimum Gasteiger partial charge on any atom is -0.249 e. The molecule has 0 unspecified atom stereocenters. The average Bonchev–Trinajstić information content (AvgIpc) is 1.86. The molecule has 0 saturated heterocycles.